The van der Waals surface area contributed by atoms with Crippen molar-refractivity contribution in [1.82, 2.24) is 14.4 Å². The van der Waals surface area contributed by atoms with Crippen molar-refractivity contribution < 1.29 is 13.9 Å². The molecule has 1 aromatic heterocycles. The molecule has 0 radical (unpaired) electrons. The minimum absolute atomic E-state index is 0.00213. The molecule has 4 heterocycles. The number of benzene rings is 3. The zero-order valence-corrected chi connectivity index (χ0v) is 21.6. The molecule has 0 bridgehead atoms. The SMILES string of the molecule is N[C@@H]1CCN(C(=O)c2cn3c4c(c(NCCN5CCCC5)c(F)cc4c2=O)Oc2c-3ccc3ccccc23)C1. The Bertz CT molecular complexity index is 1690. The first-order valence-corrected chi connectivity index (χ1v) is 13.6. The van der Waals surface area contributed by atoms with Gasteiger partial charge in [0.1, 0.15) is 16.8 Å². The van der Waals surface area contributed by atoms with Crippen molar-refractivity contribution in [2.45, 2.75) is 25.3 Å². The van der Waals surface area contributed by atoms with Gasteiger partial charge >= 0.3 is 0 Å². The Labute approximate surface area is 224 Å². The number of carbonyl (C=O) groups excluding carboxylic acids is 1. The number of amides is 1. The average Bonchev–Trinajstić information content (AvgIpc) is 3.63. The van der Waals surface area contributed by atoms with Crippen LogP contribution in [0.2, 0.25) is 0 Å². The summed E-state index contributed by atoms with van der Waals surface area (Å²) in [5, 5.41) is 5.19. The molecule has 1 amide bonds. The number of hydrogen-bond acceptors (Lipinski definition) is 6. The molecule has 200 valence electrons. The van der Waals surface area contributed by atoms with E-state index in [1.807, 2.05) is 41.0 Å². The van der Waals surface area contributed by atoms with Crippen LogP contribution in [0.4, 0.5) is 10.1 Å². The summed E-state index contributed by atoms with van der Waals surface area (Å²) >= 11 is 0. The van der Waals surface area contributed by atoms with Gasteiger partial charge in [0.2, 0.25) is 5.43 Å². The van der Waals surface area contributed by atoms with Gasteiger partial charge in [0.25, 0.3) is 5.91 Å². The third-order valence-corrected chi connectivity index (χ3v) is 8.19. The van der Waals surface area contributed by atoms with Crippen molar-refractivity contribution in [1.29, 1.82) is 0 Å². The van der Waals surface area contributed by atoms with Gasteiger partial charge in [-0.25, -0.2) is 4.39 Å². The Morgan fingerprint density at radius 2 is 1.90 bits per heavy atom. The van der Waals surface area contributed by atoms with Crippen LogP contribution >= 0.6 is 0 Å². The molecule has 3 N–H and O–H groups in total. The number of rotatable bonds is 5. The highest BCUT2D eigenvalue weighted by Gasteiger charge is 2.32. The number of anilines is 1. The van der Waals surface area contributed by atoms with Crippen LogP contribution in [0.3, 0.4) is 0 Å². The summed E-state index contributed by atoms with van der Waals surface area (Å²) in [4.78, 5) is 31.1. The van der Waals surface area contributed by atoms with Crippen LogP contribution in [-0.2, 0) is 0 Å². The van der Waals surface area contributed by atoms with Crippen LogP contribution in [0.15, 0.2) is 53.5 Å². The van der Waals surface area contributed by atoms with Gasteiger partial charge in [0.05, 0.1) is 11.1 Å². The topological polar surface area (TPSA) is 92.8 Å². The van der Waals surface area contributed by atoms with E-state index in [-0.39, 0.29) is 34.3 Å². The summed E-state index contributed by atoms with van der Waals surface area (Å²) in [5.41, 5.74) is 6.88. The van der Waals surface area contributed by atoms with Gasteiger partial charge in [-0.05, 0) is 49.9 Å². The average molecular weight is 528 g/mol. The fraction of sp³-hybridized carbons (Fsp3) is 0.333. The van der Waals surface area contributed by atoms with Crippen LogP contribution < -0.4 is 21.2 Å². The molecule has 0 spiro atoms. The molecule has 0 unspecified atom stereocenters. The molecular weight excluding hydrogens is 497 g/mol. The highest BCUT2D eigenvalue weighted by Crippen LogP contribution is 2.47. The van der Waals surface area contributed by atoms with E-state index in [1.54, 1.807) is 11.1 Å². The lowest BCUT2D eigenvalue weighted by atomic mass is 10.0. The Balaban J connectivity index is 1.42. The van der Waals surface area contributed by atoms with E-state index in [0.29, 0.717) is 43.0 Å². The predicted octanol–water partition coefficient (Wildman–Crippen LogP) is 4.07. The lowest BCUT2D eigenvalue weighted by molar-refractivity contribution is 0.0789. The lowest BCUT2D eigenvalue weighted by Gasteiger charge is -2.28. The van der Waals surface area contributed by atoms with Crippen molar-refractivity contribution in [3.63, 3.8) is 0 Å². The normalized spacial score (nSPS) is 18.5. The number of aromatic nitrogens is 1. The number of carbonyl (C=O) groups is 1. The summed E-state index contributed by atoms with van der Waals surface area (Å²) in [6.07, 6.45) is 4.63. The third kappa shape index (κ3) is 3.95. The zero-order chi connectivity index (χ0) is 26.7. The Morgan fingerprint density at radius 3 is 2.69 bits per heavy atom. The first kappa shape index (κ1) is 24.1. The number of likely N-dealkylation sites (tertiary alicyclic amines) is 2. The Kier molecular flexibility index (Phi) is 5.79. The minimum atomic E-state index is -0.584. The van der Waals surface area contributed by atoms with Crippen LogP contribution in [0.25, 0.3) is 27.4 Å². The predicted molar refractivity (Wildman–Crippen MR) is 150 cm³/mol. The van der Waals surface area contributed by atoms with E-state index in [9.17, 15) is 9.59 Å². The van der Waals surface area contributed by atoms with Gasteiger partial charge in [0.15, 0.2) is 17.3 Å². The second-order valence-electron chi connectivity index (χ2n) is 10.7. The van der Waals surface area contributed by atoms with Gasteiger partial charge in [-0.1, -0.05) is 30.3 Å². The maximum Gasteiger partial charge on any atom is 0.259 e. The summed E-state index contributed by atoms with van der Waals surface area (Å²) < 4.78 is 24.1. The molecule has 0 saturated carbocycles. The van der Waals surface area contributed by atoms with E-state index < -0.39 is 11.2 Å². The summed E-state index contributed by atoms with van der Waals surface area (Å²) in [5.74, 6) is -0.156. The van der Waals surface area contributed by atoms with Crippen LogP contribution in [-0.4, -0.2) is 65.6 Å². The van der Waals surface area contributed by atoms with E-state index >= 15 is 4.39 Å². The molecule has 2 saturated heterocycles. The number of ether oxygens (including phenoxy) is 1. The smallest absolute Gasteiger partial charge is 0.259 e. The highest BCUT2D eigenvalue weighted by molar-refractivity contribution is 6.03. The molecule has 4 aromatic rings. The van der Waals surface area contributed by atoms with Gasteiger partial charge in [-0.2, -0.15) is 0 Å². The number of pyridine rings is 1. The van der Waals surface area contributed by atoms with E-state index in [1.165, 1.54) is 18.9 Å². The van der Waals surface area contributed by atoms with E-state index in [2.05, 4.69) is 10.2 Å². The van der Waals surface area contributed by atoms with E-state index in [4.69, 9.17) is 10.5 Å². The van der Waals surface area contributed by atoms with Gasteiger partial charge in [-0.15, -0.1) is 0 Å². The Morgan fingerprint density at radius 1 is 1.08 bits per heavy atom. The van der Waals surface area contributed by atoms with Crippen molar-refractivity contribution in [3.8, 4) is 17.2 Å². The molecule has 0 aliphatic carbocycles. The minimum Gasteiger partial charge on any atom is -0.450 e. The first-order chi connectivity index (χ1) is 19.0. The first-order valence-electron chi connectivity index (χ1n) is 13.6. The lowest BCUT2D eigenvalue weighted by Crippen LogP contribution is -2.35. The Hall–Kier alpha value is -3.95. The highest BCUT2D eigenvalue weighted by atomic mass is 19.1. The molecule has 3 aliphatic rings. The summed E-state index contributed by atoms with van der Waals surface area (Å²) in [7, 11) is 0. The van der Waals surface area contributed by atoms with Crippen LogP contribution in [0.1, 0.15) is 29.6 Å². The molecule has 9 heteroatoms. The number of nitrogens with two attached hydrogens (primary N) is 1. The third-order valence-electron chi connectivity index (χ3n) is 8.19. The van der Waals surface area contributed by atoms with Crippen LogP contribution in [0.5, 0.6) is 11.5 Å². The van der Waals surface area contributed by atoms with Crippen molar-refractivity contribution in [2.75, 3.05) is 44.6 Å². The standard InChI is InChI=1S/C30H30FN5O3/c31-23-15-21-26-29(25(23)33-10-14-34-11-3-4-12-34)39-28-20-6-2-1-5-18(20)7-8-24(28)36(26)17-22(27(21)37)30(38)35-13-9-19(32)16-35/h1-2,5-8,15,17,19,33H,3-4,9-14,16,32H2/t19-/m1/s1. The van der Waals surface area contributed by atoms with Crippen molar-refractivity contribution in [3.05, 3.63) is 70.3 Å². The molecule has 3 aromatic carbocycles. The van der Waals surface area contributed by atoms with Gasteiger partial charge in [0, 0.05) is 43.8 Å². The molecule has 39 heavy (non-hydrogen) atoms. The largest absolute Gasteiger partial charge is 0.450 e. The number of fused-ring (bicyclic) bond motifs is 4. The maximum atomic E-state index is 15.8. The van der Waals surface area contributed by atoms with Crippen LogP contribution in [0, 0.1) is 5.82 Å². The molecule has 1 atom stereocenters. The number of hydrogen-bond donors (Lipinski definition) is 2. The molecule has 3 aliphatic heterocycles. The molecular formula is C30H30FN5O3. The van der Waals surface area contributed by atoms with E-state index in [0.717, 1.165) is 30.4 Å². The zero-order valence-electron chi connectivity index (χ0n) is 21.6. The number of nitrogens with one attached hydrogen (secondary N) is 1. The quantitative estimate of drug-likeness (QED) is 0.358. The van der Waals surface area contributed by atoms with Gasteiger partial charge < -0.3 is 30.2 Å². The van der Waals surface area contributed by atoms with Crippen molar-refractivity contribution in [2.24, 2.45) is 5.73 Å². The molecule has 2 fully saturated rings. The maximum absolute atomic E-state index is 15.8. The summed E-state index contributed by atoms with van der Waals surface area (Å²) in [6.45, 7) is 4.29. The molecule has 7 rings (SSSR count). The number of nitrogens with zero attached hydrogens (tertiary/aromatic N) is 3. The number of halogens is 1. The summed E-state index contributed by atoms with van der Waals surface area (Å²) in [6, 6.07) is 12.8. The monoisotopic (exact) mass is 527 g/mol. The molecule has 8 nitrogen and oxygen atoms in total. The van der Waals surface area contributed by atoms with Gasteiger partial charge in [-0.3, -0.25) is 9.59 Å². The van der Waals surface area contributed by atoms with Crippen molar-refractivity contribution >= 4 is 33.3 Å². The second kappa shape index (κ2) is 9.36. The second-order valence-corrected chi connectivity index (χ2v) is 10.7. The fourth-order valence-corrected chi connectivity index (χ4v) is 6.15. The fourth-order valence-electron chi connectivity index (χ4n) is 6.15.